The van der Waals surface area contributed by atoms with E-state index in [0.717, 1.165) is 11.0 Å². The second kappa shape index (κ2) is 3.85. The number of carbonyl (C=O) groups excluding carboxylic acids is 1. The van der Waals surface area contributed by atoms with Gasteiger partial charge in [-0.05, 0) is 0 Å². The predicted molar refractivity (Wildman–Crippen MR) is 53.9 cm³/mol. The fourth-order valence-corrected chi connectivity index (χ4v) is 3.78. The zero-order valence-electron chi connectivity index (χ0n) is 7.79. The van der Waals surface area contributed by atoms with E-state index in [4.69, 9.17) is 0 Å². The molecular weight excluding hydrogens is 229 g/mol. The Morgan fingerprint density at radius 1 is 1.31 bits per heavy atom. The van der Waals surface area contributed by atoms with Gasteiger partial charge in [0.05, 0.1) is 0 Å². The molecular formula is C10H15NOSe. The van der Waals surface area contributed by atoms with Gasteiger partial charge in [0.2, 0.25) is 0 Å². The van der Waals surface area contributed by atoms with Crippen LogP contribution in [0, 0.1) is 0 Å². The van der Waals surface area contributed by atoms with Gasteiger partial charge in [-0.1, -0.05) is 0 Å². The minimum atomic E-state index is 0.0530. The van der Waals surface area contributed by atoms with Crippen LogP contribution < -0.4 is 0 Å². The predicted octanol–water partition coefficient (Wildman–Crippen LogP) is 1.97. The molecule has 1 heterocycles. The number of nitrogens with zero attached hydrogens (tertiary/aromatic N) is 1. The van der Waals surface area contributed by atoms with Crippen LogP contribution in [0.2, 0.25) is 0 Å². The fourth-order valence-electron chi connectivity index (χ4n) is 2.14. The Morgan fingerprint density at radius 2 is 2.00 bits per heavy atom. The molecule has 1 saturated carbocycles. The van der Waals surface area contributed by atoms with Crippen LogP contribution in [0.25, 0.3) is 0 Å². The van der Waals surface area contributed by atoms with Gasteiger partial charge in [-0.3, -0.25) is 0 Å². The van der Waals surface area contributed by atoms with Crippen LogP contribution in [0.15, 0.2) is 11.1 Å². The average molecular weight is 244 g/mol. The summed E-state index contributed by atoms with van der Waals surface area (Å²) in [7, 11) is 0. The molecule has 0 spiro atoms. The normalized spacial score (nSPS) is 25.7. The Morgan fingerprint density at radius 3 is 2.54 bits per heavy atom. The van der Waals surface area contributed by atoms with E-state index in [1.807, 2.05) is 0 Å². The minimum absolute atomic E-state index is 0.0530. The average Bonchev–Trinajstić information content (AvgIpc) is 2.47. The summed E-state index contributed by atoms with van der Waals surface area (Å²) in [6.45, 7) is 4.77. The van der Waals surface area contributed by atoms with Crippen LogP contribution in [0.1, 0.15) is 32.1 Å². The van der Waals surface area contributed by atoms with E-state index < -0.39 is 0 Å². The monoisotopic (exact) mass is 245 g/mol. The molecule has 2 rings (SSSR count). The maximum atomic E-state index is 11.6. The molecule has 1 aliphatic carbocycles. The second-order valence-electron chi connectivity index (χ2n) is 3.83. The van der Waals surface area contributed by atoms with Crippen LogP contribution in [-0.4, -0.2) is 37.2 Å². The second-order valence-corrected chi connectivity index (χ2v) is 6.20. The first-order chi connectivity index (χ1) is 6.27. The Labute approximate surface area is 85.5 Å². The first-order valence-corrected chi connectivity index (χ1v) is 6.65. The standard InChI is InChI=1S/C10H15NOSe/c1-8-7-11(10(12)13-8)9-5-3-2-4-6-9/h9H,1-7H2. The molecule has 0 N–H and O–H groups in total. The molecule has 0 aromatic heterocycles. The third kappa shape index (κ3) is 1.97. The van der Waals surface area contributed by atoms with Gasteiger partial charge in [0.25, 0.3) is 0 Å². The number of hydrogen-bond acceptors (Lipinski definition) is 1. The summed E-state index contributed by atoms with van der Waals surface area (Å²) in [5.41, 5.74) is 0. The summed E-state index contributed by atoms with van der Waals surface area (Å²) >= 11 is 0.0530. The number of hydrogen-bond donors (Lipinski definition) is 0. The number of rotatable bonds is 1. The summed E-state index contributed by atoms with van der Waals surface area (Å²) in [6.07, 6.45) is 6.39. The van der Waals surface area contributed by atoms with E-state index >= 15 is 0 Å². The van der Waals surface area contributed by atoms with Gasteiger partial charge in [0.1, 0.15) is 0 Å². The van der Waals surface area contributed by atoms with Gasteiger partial charge < -0.3 is 0 Å². The molecule has 0 atom stereocenters. The molecule has 2 aliphatic rings. The van der Waals surface area contributed by atoms with Crippen LogP contribution in [0.5, 0.6) is 0 Å². The van der Waals surface area contributed by atoms with Crippen molar-refractivity contribution >= 4 is 19.8 Å². The van der Waals surface area contributed by atoms with Crippen molar-refractivity contribution in [3.05, 3.63) is 11.1 Å². The van der Waals surface area contributed by atoms with Crippen molar-refractivity contribution in [1.82, 2.24) is 4.90 Å². The summed E-state index contributed by atoms with van der Waals surface area (Å²) in [5, 5.41) is 0. The zero-order chi connectivity index (χ0) is 9.26. The third-order valence-corrected chi connectivity index (χ3v) is 4.56. The van der Waals surface area contributed by atoms with Crippen LogP contribution in [0.4, 0.5) is 4.79 Å². The molecule has 13 heavy (non-hydrogen) atoms. The topological polar surface area (TPSA) is 20.3 Å². The van der Waals surface area contributed by atoms with Gasteiger partial charge >= 0.3 is 85.2 Å². The summed E-state index contributed by atoms with van der Waals surface area (Å²) in [5.74, 6) is 0. The van der Waals surface area contributed by atoms with E-state index in [1.54, 1.807) is 0 Å². The first kappa shape index (κ1) is 9.29. The maximum absolute atomic E-state index is 11.6. The first-order valence-electron chi connectivity index (χ1n) is 4.93. The summed E-state index contributed by atoms with van der Waals surface area (Å²) < 4.78 is 1.16. The molecule has 1 aliphatic heterocycles. The van der Waals surface area contributed by atoms with Crippen LogP contribution in [0.3, 0.4) is 0 Å². The Balaban J connectivity index is 1.99. The SMILES string of the molecule is C=C1CN(C2CCCCC2)C(=O)[Se]1. The van der Waals surface area contributed by atoms with Crippen molar-refractivity contribution in [3.63, 3.8) is 0 Å². The molecule has 3 heteroatoms. The Kier molecular flexibility index (Phi) is 2.75. The van der Waals surface area contributed by atoms with Crippen LogP contribution in [-0.2, 0) is 0 Å². The van der Waals surface area contributed by atoms with Crippen molar-refractivity contribution in [2.24, 2.45) is 0 Å². The van der Waals surface area contributed by atoms with Gasteiger partial charge in [-0.25, -0.2) is 0 Å². The summed E-state index contributed by atoms with van der Waals surface area (Å²) in [6, 6.07) is 0.544. The molecule has 72 valence electrons. The van der Waals surface area contributed by atoms with Crippen molar-refractivity contribution in [2.45, 2.75) is 38.1 Å². The van der Waals surface area contributed by atoms with Crippen LogP contribution >= 0.6 is 0 Å². The van der Waals surface area contributed by atoms with Gasteiger partial charge in [-0.2, -0.15) is 0 Å². The Bertz CT molecular complexity index is 233. The van der Waals surface area contributed by atoms with Gasteiger partial charge in [0, 0.05) is 0 Å². The van der Waals surface area contributed by atoms with E-state index in [2.05, 4.69) is 11.5 Å². The van der Waals surface area contributed by atoms with E-state index in [9.17, 15) is 4.79 Å². The zero-order valence-corrected chi connectivity index (χ0v) is 9.50. The quantitative estimate of drug-likeness (QED) is 0.646. The molecule has 0 unspecified atom stereocenters. The van der Waals surface area contributed by atoms with Crippen molar-refractivity contribution in [1.29, 1.82) is 0 Å². The van der Waals surface area contributed by atoms with Gasteiger partial charge in [-0.15, -0.1) is 0 Å². The molecule has 1 saturated heterocycles. The Hall–Kier alpha value is -0.271. The molecule has 0 aromatic rings. The van der Waals surface area contributed by atoms with E-state index in [0.29, 0.717) is 10.8 Å². The van der Waals surface area contributed by atoms with Crippen molar-refractivity contribution in [2.75, 3.05) is 6.54 Å². The number of carbonyl (C=O) groups is 1. The fraction of sp³-hybridized carbons (Fsp3) is 0.700. The van der Waals surface area contributed by atoms with Gasteiger partial charge in [0.15, 0.2) is 0 Å². The summed E-state index contributed by atoms with van der Waals surface area (Å²) in [4.78, 5) is 14.0. The van der Waals surface area contributed by atoms with Crippen molar-refractivity contribution < 1.29 is 4.79 Å². The molecule has 2 fully saturated rings. The molecule has 0 bridgehead atoms. The molecule has 1 amide bonds. The molecule has 2 nitrogen and oxygen atoms in total. The third-order valence-electron chi connectivity index (χ3n) is 2.83. The van der Waals surface area contributed by atoms with Crippen molar-refractivity contribution in [3.8, 4) is 0 Å². The number of amides is 1. The molecule has 0 aromatic carbocycles. The van der Waals surface area contributed by atoms with E-state index in [-0.39, 0.29) is 15.0 Å². The molecule has 0 radical (unpaired) electrons. The van der Waals surface area contributed by atoms with E-state index in [1.165, 1.54) is 32.1 Å².